The number of sulfonamides is 1. The normalized spacial score (nSPS) is 13.6. The third-order valence-corrected chi connectivity index (χ3v) is 4.24. The molecule has 1 unspecified atom stereocenters. The first-order valence-corrected chi connectivity index (χ1v) is 7.87. The molecule has 1 aromatic carbocycles. The average Bonchev–Trinajstić information content (AvgIpc) is 2.28. The van der Waals surface area contributed by atoms with Crippen LogP contribution in [0.3, 0.4) is 0 Å². The van der Waals surface area contributed by atoms with Crippen LogP contribution < -0.4 is 4.72 Å². The van der Waals surface area contributed by atoms with E-state index in [4.69, 9.17) is 0 Å². The Morgan fingerprint density at radius 3 is 2.47 bits per heavy atom. The molecule has 1 atom stereocenters. The number of hydrogen-bond donors (Lipinski definition) is 1. The van der Waals surface area contributed by atoms with Gasteiger partial charge >= 0.3 is 0 Å². The monoisotopic (exact) mass is 323 g/mol. The molecule has 3 nitrogen and oxygen atoms in total. The summed E-state index contributed by atoms with van der Waals surface area (Å²) in [7, 11) is -3.52. The van der Waals surface area contributed by atoms with Gasteiger partial charge in [-0.25, -0.2) is 17.5 Å². The van der Waals surface area contributed by atoms with Crippen LogP contribution in [0.25, 0.3) is 0 Å². The minimum atomic E-state index is -3.52. The lowest BCUT2D eigenvalue weighted by Crippen LogP contribution is -2.28. The summed E-state index contributed by atoms with van der Waals surface area (Å²) in [6.07, 6.45) is 0.895. The molecular weight excluding hydrogens is 309 g/mol. The van der Waals surface area contributed by atoms with Crippen LogP contribution in [0.4, 0.5) is 4.39 Å². The van der Waals surface area contributed by atoms with E-state index < -0.39 is 15.8 Å². The van der Waals surface area contributed by atoms with Gasteiger partial charge in [0.2, 0.25) is 10.0 Å². The molecule has 0 heterocycles. The van der Waals surface area contributed by atoms with E-state index in [0.717, 1.165) is 23.9 Å². The van der Waals surface area contributed by atoms with Crippen molar-refractivity contribution < 1.29 is 12.8 Å². The van der Waals surface area contributed by atoms with Crippen LogP contribution in [0.15, 0.2) is 29.2 Å². The summed E-state index contributed by atoms with van der Waals surface area (Å²) in [6.45, 7) is 2.35. The lowest BCUT2D eigenvalue weighted by Gasteiger charge is -2.11. The fourth-order valence-electron chi connectivity index (χ4n) is 1.24. The molecule has 0 aliphatic carbocycles. The Bertz CT molecular complexity index is 447. The van der Waals surface area contributed by atoms with Crippen molar-refractivity contribution in [2.45, 2.75) is 18.2 Å². The van der Waals surface area contributed by atoms with Crippen LogP contribution in [0, 0.1) is 11.7 Å². The third kappa shape index (κ3) is 4.73. The van der Waals surface area contributed by atoms with Crippen molar-refractivity contribution in [1.29, 1.82) is 0 Å². The second-order valence-electron chi connectivity index (χ2n) is 3.89. The molecule has 0 aliphatic rings. The lowest BCUT2D eigenvalue weighted by atomic mass is 10.1. The first kappa shape index (κ1) is 14.6. The van der Waals surface area contributed by atoms with Gasteiger partial charge in [0.05, 0.1) is 4.90 Å². The summed E-state index contributed by atoms with van der Waals surface area (Å²) in [5.41, 5.74) is 0. The minimum Gasteiger partial charge on any atom is -0.211 e. The van der Waals surface area contributed by atoms with Crippen LogP contribution >= 0.6 is 15.9 Å². The van der Waals surface area contributed by atoms with Crippen LogP contribution in [0.5, 0.6) is 0 Å². The molecule has 0 aliphatic heterocycles. The number of hydrogen-bond acceptors (Lipinski definition) is 2. The Hall–Kier alpha value is -0.460. The second-order valence-corrected chi connectivity index (χ2v) is 6.45. The van der Waals surface area contributed by atoms with Crippen LogP contribution in [0.2, 0.25) is 0 Å². The van der Waals surface area contributed by atoms with Gasteiger partial charge in [0.1, 0.15) is 5.82 Å². The highest BCUT2D eigenvalue weighted by molar-refractivity contribution is 9.09. The van der Waals surface area contributed by atoms with E-state index in [1.807, 2.05) is 6.92 Å². The molecule has 96 valence electrons. The molecule has 0 amide bonds. The molecule has 0 saturated carbocycles. The number of halogens is 2. The predicted octanol–water partition coefficient (Wildman–Crippen LogP) is 2.53. The van der Waals surface area contributed by atoms with Gasteiger partial charge in [-0.1, -0.05) is 22.9 Å². The van der Waals surface area contributed by atoms with Crippen LogP contribution in [0.1, 0.15) is 13.3 Å². The maximum Gasteiger partial charge on any atom is 0.240 e. The fraction of sp³-hybridized carbons (Fsp3) is 0.455. The summed E-state index contributed by atoms with van der Waals surface area (Å²) < 4.78 is 38.8. The molecule has 1 rings (SSSR count). The number of alkyl halides is 1. The molecule has 1 N–H and O–H groups in total. The van der Waals surface area contributed by atoms with E-state index in [9.17, 15) is 12.8 Å². The summed E-state index contributed by atoms with van der Waals surface area (Å²) in [5, 5.41) is 0.840. The molecule has 0 saturated heterocycles. The van der Waals surface area contributed by atoms with Crippen molar-refractivity contribution in [1.82, 2.24) is 4.72 Å². The van der Waals surface area contributed by atoms with Gasteiger partial charge in [0, 0.05) is 11.9 Å². The summed E-state index contributed by atoms with van der Waals surface area (Å²) in [6, 6.07) is 4.78. The van der Waals surface area contributed by atoms with Crippen molar-refractivity contribution in [2.24, 2.45) is 5.92 Å². The largest absolute Gasteiger partial charge is 0.240 e. The Balaban J connectivity index is 2.66. The number of nitrogens with one attached hydrogen (secondary N) is 1. The summed E-state index contributed by atoms with van der Waals surface area (Å²) >= 11 is 3.30. The van der Waals surface area contributed by atoms with Gasteiger partial charge in [0.15, 0.2) is 0 Å². The van der Waals surface area contributed by atoms with Gasteiger partial charge in [0.25, 0.3) is 0 Å². The second kappa shape index (κ2) is 6.47. The Labute approximate surface area is 110 Å². The SMILES string of the molecule is CC(CCBr)CNS(=O)(=O)c1ccc(F)cc1. The van der Waals surface area contributed by atoms with Crippen LogP contribution in [-0.2, 0) is 10.0 Å². The van der Waals surface area contributed by atoms with E-state index in [2.05, 4.69) is 20.7 Å². The maximum atomic E-state index is 12.7. The van der Waals surface area contributed by atoms with E-state index in [1.165, 1.54) is 12.1 Å². The molecule has 1 aromatic rings. The molecule has 17 heavy (non-hydrogen) atoms. The topological polar surface area (TPSA) is 46.2 Å². The Morgan fingerprint density at radius 2 is 1.94 bits per heavy atom. The molecule has 0 bridgehead atoms. The van der Waals surface area contributed by atoms with Crippen molar-refractivity contribution in [2.75, 3.05) is 11.9 Å². The predicted molar refractivity (Wildman–Crippen MR) is 69.2 cm³/mol. The van der Waals surface area contributed by atoms with Crippen molar-refractivity contribution >= 4 is 26.0 Å². The van der Waals surface area contributed by atoms with Crippen molar-refractivity contribution in [3.8, 4) is 0 Å². The zero-order valence-electron chi connectivity index (χ0n) is 9.49. The summed E-state index contributed by atoms with van der Waals surface area (Å²) in [4.78, 5) is 0.0879. The highest BCUT2D eigenvalue weighted by Gasteiger charge is 2.14. The van der Waals surface area contributed by atoms with E-state index in [-0.39, 0.29) is 10.8 Å². The lowest BCUT2D eigenvalue weighted by molar-refractivity contribution is 0.531. The number of benzene rings is 1. The third-order valence-electron chi connectivity index (χ3n) is 2.35. The standard InChI is InChI=1S/C11H15BrFNO2S/c1-9(6-7-12)8-14-17(15,16)11-4-2-10(13)3-5-11/h2-5,9,14H,6-8H2,1H3. The van der Waals surface area contributed by atoms with E-state index >= 15 is 0 Å². The van der Waals surface area contributed by atoms with Crippen LogP contribution in [-0.4, -0.2) is 20.3 Å². The smallest absolute Gasteiger partial charge is 0.211 e. The molecule has 0 fully saturated rings. The molecule has 0 aromatic heterocycles. The fourth-order valence-corrected chi connectivity index (χ4v) is 3.18. The zero-order chi connectivity index (χ0) is 12.9. The first-order chi connectivity index (χ1) is 7.95. The van der Waals surface area contributed by atoms with Gasteiger partial charge in [-0.15, -0.1) is 0 Å². The minimum absolute atomic E-state index is 0.0879. The zero-order valence-corrected chi connectivity index (χ0v) is 11.9. The summed E-state index contributed by atoms with van der Waals surface area (Å²) in [5.74, 6) is -0.193. The van der Waals surface area contributed by atoms with Gasteiger partial charge in [-0.05, 0) is 36.6 Å². The quantitative estimate of drug-likeness (QED) is 0.818. The molecular formula is C11H15BrFNO2S. The highest BCUT2D eigenvalue weighted by Crippen LogP contribution is 2.10. The maximum absolute atomic E-state index is 12.7. The number of rotatable bonds is 6. The van der Waals surface area contributed by atoms with Crippen molar-refractivity contribution in [3.63, 3.8) is 0 Å². The van der Waals surface area contributed by atoms with Crippen molar-refractivity contribution in [3.05, 3.63) is 30.1 Å². The Morgan fingerprint density at radius 1 is 1.35 bits per heavy atom. The van der Waals surface area contributed by atoms with Gasteiger partial charge in [-0.2, -0.15) is 0 Å². The molecule has 6 heteroatoms. The van der Waals surface area contributed by atoms with Gasteiger partial charge < -0.3 is 0 Å². The Kier molecular flexibility index (Phi) is 5.55. The first-order valence-electron chi connectivity index (χ1n) is 5.27. The molecule has 0 spiro atoms. The van der Waals surface area contributed by atoms with E-state index in [0.29, 0.717) is 6.54 Å². The van der Waals surface area contributed by atoms with E-state index in [1.54, 1.807) is 0 Å². The molecule has 0 radical (unpaired) electrons. The van der Waals surface area contributed by atoms with Gasteiger partial charge in [-0.3, -0.25) is 0 Å². The highest BCUT2D eigenvalue weighted by atomic mass is 79.9. The average molecular weight is 324 g/mol.